The van der Waals surface area contributed by atoms with Crippen molar-refractivity contribution in [1.82, 2.24) is 4.90 Å². The number of anilines is 2. The number of ether oxygens (including phenoxy) is 1. The molecule has 1 atom stereocenters. The molecule has 0 aromatic heterocycles. The Kier molecular flexibility index (Phi) is 5.62. The maximum absolute atomic E-state index is 12.6. The van der Waals surface area contributed by atoms with Crippen LogP contribution in [0.4, 0.5) is 11.4 Å². The van der Waals surface area contributed by atoms with Crippen molar-refractivity contribution < 1.29 is 14.3 Å². The van der Waals surface area contributed by atoms with Crippen LogP contribution in [0.15, 0.2) is 24.3 Å². The number of likely N-dealkylation sites (tertiary alicyclic amines) is 1. The van der Waals surface area contributed by atoms with Crippen molar-refractivity contribution in [3.63, 3.8) is 0 Å². The van der Waals surface area contributed by atoms with E-state index in [2.05, 4.69) is 22.3 Å². The van der Waals surface area contributed by atoms with Gasteiger partial charge in [0.25, 0.3) is 5.91 Å². The molecule has 146 valence electrons. The average Bonchev–Trinajstić information content (AvgIpc) is 3.42. The Morgan fingerprint density at radius 3 is 2.26 bits per heavy atom. The number of hydrogen-bond acceptors (Lipinski definition) is 4. The summed E-state index contributed by atoms with van der Waals surface area (Å²) in [7, 11) is 0. The number of nitrogens with zero attached hydrogens (tertiary/aromatic N) is 2. The standard InChI is InChI=1S/C21H29N3O3/c25-20(22-17-5-7-18(8-6-17)23-11-1-2-12-23)16-9-13-24(14-10-16)21(26)19-4-3-15-27-19/h5-8,16,19H,1-4,9-15H2,(H,22,25). The Bertz CT molecular complexity index is 656. The minimum absolute atomic E-state index is 0.0307. The molecule has 0 bridgehead atoms. The monoisotopic (exact) mass is 371 g/mol. The van der Waals surface area contributed by atoms with E-state index in [0.29, 0.717) is 19.7 Å². The predicted molar refractivity (Wildman–Crippen MR) is 105 cm³/mol. The number of amides is 2. The van der Waals surface area contributed by atoms with Crippen LogP contribution in [-0.2, 0) is 14.3 Å². The fourth-order valence-electron chi connectivity index (χ4n) is 4.31. The van der Waals surface area contributed by atoms with Gasteiger partial charge in [0.05, 0.1) is 0 Å². The minimum Gasteiger partial charge on any atom is -0.372 e. The molecule has 0 spiro atoms. The molecule has 1 aromatic carbocycles. The molecule has 2 amide bonds. The molecule has 0 aliphatic carbocycles. The molecule has 27 heavy (non-hydrogen) atoms. The number of carbonyl (C=O) groups excluding carboxylic acids is 2. The summed E-state index contributed by atoms with van der Waals surface area (Å²) < 4.78 is 5.49. The summed E-state index contributed by atoms with van der Waals surface area (Å²) >= 11 is 0. The van der Waals surface area contributed by atoms with E-state index in [1.807, 2.05) is 17.0 Å². The molecular weight excluding hydrogens is 342 g/mol. The quantitative estimate of drug-likeness (QED) is 0.884. The molecule has 0 saturated carbocycles. The molecule has 6 heteroatoms. The SMILES string of the molecule is O=C(Nc1ccc(N2CCCC2)cc1)C1CCN(C(=O)C2CCCO2)CC1. The molecule has 6 nitrogen and oxygen atoms in total. The molecule has 4 rings (SSSR count). The van der Waals surface area contributed by atoms with Crippen molar-refractivity contribution in [3.05, 3.63) is 24.3 Å². The largest absolute Gasteiger partial charge is 0.372 e. The molecule has 3 saturated heterocycles. The Morgan fingerprint density at radius 1 is 0.926 bits per heavy atom. The maximum Gasteiger partial charge on any atom is 0.251 e. The number of hydrogen-bond donors (Lipinski definition) is 1. The molecule has 3 heterocycles. The second-order valence-corrected chi connectivity index (χ2v) is 7.83. The highest BCUT2D eigenvalue weighted by atomic mass is 16.5. The van der Waals surface area contributed by atoms with Crippen molar-refractivity contribution in [2.45, 2.75) is 44.6 Å². The lowest BCUT2D eigenvalue weighted by Crippen LogP contribution is -2.45. The zero-order chi connectivity index (χ0) is 18.6. The van der Waals surface area contributed by atoms with E-state index >= 15 is 0 Å². The highest BCUT2D eigenvalue weighted by molar-refractivity contribution is 5.93. The van der Waals surface area contributed by atoms with E-state index in [1.54, 1.807) is 0 Å². The molecule has 1 aromatic rings. The van der Waals surface area contributed by atoms with Crippen LogP contribution >= 0.6 is 0 Å². The molecule has 3 fully saturated rings. The minimum atomic E-state index is -0.260. The number of nitrogens with one attached hydrogen (secondary N) is 1. The highest BCUT2D eigenvalue weighted by Gasteiger charge is 2.32. The van der Waals surface area contributed by atoms with Crippen molar-refractivity contribution >= 4 is 23.2 Å². The summed E-state index contributed by atoms with van der Waals surface area (Å²) in [5.74, 6) is 0.133. The van der Waals surface area contributed by atoms with Gasteiger partial charge in [-0.1, -0.05) is 0 Å². The fraction of sp³-hybridized carbons (Fsp3) is 0.619. The van der Waals surface area contributed by atoms with Gasteiger partial charge in [-0.3, -0.25) is 9.59 Å². The van der Waals surface area contributed by atoms with Gasteiger partial charge in [0.15, 0.2) is 0 Å². The number of piperidine rings is 1. The lowest BCUT2D eigenvalue weighted by Gasteiger charge is -2.32. The predicted octanol–water partition coefficient (Wildman–Crippen LogP) is 2.64. The Balaban J connectivity index is 1.26. The lowest BCUT2D eigenvalue weighted by atomic mass is 9.95. The molecule has 1 N–H and O–H groups in total. The first-order valence-corrected chi connectivity index (χ1v) is 10.3. The average molecular weight is 371 g/mol. The lowest BCUT2D eigenvalue weighted by molar-refractivity contribution is -0.143. The van der Waals surface area contributed by atoms with E-state index < -0.39 is 0 Å². The first-order valence-electron chi connectivity index (χ1n) is 10.3. The molecule has 0 radical (unpaired) electrons. The van der Waals surface area contributed by atoms with Crippen molar-refractivity contribution in [2.75, 3.05) is 43.0 Å². The van der Waals surface area contributed by atoms with Gasteiger partial charge in [-0.2, -0.15) is 0 Å². The van der Waals surface area contributed by atoms with Crippen LogP contribution in [0.1, 0.15) is 38.5 Å². The third-order valence-electron chi connectivity index (χ3n) is 5.99. The van der Waals surface area contributed by atoms with Gasteiger partial charge >= 0.3 is 0 Å². The van der Waals surface area contributed by atoms with E-state index in [0.717, 1.165) is 44.5 Å². The van der Waals surface area contributed by atoms with Crippen LogP contribution in [0.5, 0.6) is 0 Å². The van der Waals surface area contributed by atoms with Crippen LogP contribution in [-0.4, -0.2) is 55.6 Å². The third-order valence-corrected chi connectivity index (χ3v) is 5.99. The Morgan fingerprint density at radius 2 is 1.63 bits per heavy atom. The number of rotatable bonds is 4. The zero-order valence-electron chi connectivity index (χ0n) is 15.9. The first kappa shape index (κ1) is 18.3. The maximum atomic E-state index is 12.6. The molecule has 1 unspecified atom stereocenters. The van der Waals surface area contributed by atoms with E-state index in [9.17, 15) is 9.59 Å². The second-order valence-electron chi connectivity index (χ2n) is 7.83. The van der Waals surface area contributed by atoms with Crippen molar-refractivity contribution in [2.24, 2.45) is 5.92 Å². The van der Waals surface area contributed by atoms with Gasteiger partial charge in [0.1, 0.15) is 6.10 Å². The van der Waals surface area contributed by atoms with E-state index in [1.165, 1.54) is 18.5 Å². The molecule has 3 aliphatic rings. The van der Waals surface area contributed by atoms with E-state index in [-0.39, 0.29) is 23.8 Å². The topological polar surface area (TPSA) is 61.9 Å². The van der Waals surface area contributed by atoms with Crippen molar-refractivity contribution in [3.8, 4) is 0 Å². The summed E-state index contributed by atoms with van der Waals surface area (Å²) in [4.78, 5) is 29.2. The summed E-state index contributed by atoms with van der Waals surface area (Å²) in [5, 5.41) is 3.04. The van der Waals surface area contributed by atoms with Crippen LogP contribution in [0.3, 0.4) is 0 Å². The zero-order valence-corrected chi connectivity index (χ0v) is 15.9. The van der Waals surface area contributed by atoms with Gasteiger partial charge in [0, 0.05) is 50.1 Å². The van der Waals surface area contributed by atoms with Gasteiger partial charge < -0.3 is 19.9 Å². The van der Waals surface area contributed by atoms with Gasteiger partial charge in [-0.05, 0) is 62.8 Å². The summed E-state index contributed by atoms with van der Waals surface area (Å²) in [6.45, 7) is 4.21. The van der Waals surface area contributed by atoms with Gasteiger partial charge in [-0.25, -0.2) is 0 Å². The summed E-state index contributed by atoms with van der Waals surface area (Å²) in [6.07, 6.45) is 5.48. The number of carbonyl (C=O) groups is 2. The Labute approximate surface area is 160 Å². The fourth-order valence-corrected chi connectivity index (χ4v) is 4.31. The smallest absolute Gasteiger partial charge is 0.251 e. The van der Waals surface area contributed by atoms with Crippen molar-refractivity contribution in [1.29, 1.82) is 0 Å². The normalized spacial score (nSPS) is 23.6. The molecular formula is C21H29N3O3. The van der Waals surface area contributed by atoms with Gasteiger partial charge in [-0.15, -0.1) is 0 Å². The Hall–Kier alpha value is -2.08. The third kappa shape index (κ3) is 4.26. The molecule has 3 aliphatic heterocycles. The number of benzene rings is 1. The first-order chi connectivity index (χ1) is 13.2. The highest BCUT2D eigenvalue weighted by Crippen LogP contribution is 2.25. The van der Waals surface area contributed by atoms with Crippen LogP contribution in [0, 0.1) is 5.92 Å². The van der Waals surface area contributed by atoms with Crippen LogP contribution in [0.25, 0.3) is 0 Å². The van der Waals surface area contributed by atoms with E-state index in [4.69, 9.17) is 4.74 Å². The van der Waals surface area contributed by atoms with Gasteiger partial charge in [0.2, 0.25) is 5.91 Å². The van der Waals surface area contributed by atoms with Crippen LogP contribution in [0.2, 0.25) is 0 Å². The summed E-state index contributed by atoms with van der Waals surface area (Å²) in [6, 6.07) is 8.15. The summed E-state index contributed by atoms with van der Waals surface area (Å²) in [5.41, 5.74) is 2.08. The van der Waals surface area contributed by atoms with Crippen LogP contribution < -0.4 is 10.2 Å². The second kappa shape index (κ2) is 8.30.